The Hall–Kier alpha value is -0.570. The summed E-state index contributed by atoms with van der Waals surface area (Å²) in [5.41, 5.74) is 1.95. The molecule has 0 radical (unpaired) electrons. The topological polar surface area (TPSA) is 32.3 Å². The third-order valence-corrected chi connectivity index (χ3v) is 3.96. The number of aliphatic hydroxyl groups excluding tert-OH is 1. The number of aliphatic hydroxyl groups is 1. The van der Waals surface area contributed by atoms with Crippen molar-refractivity contribution in [1.29, 1.82) is 0 Å². The summed E-state index contributed by atoms with van der Waals surface area (Å²) in [5, 5.41) is 14.7. The van der Waals surface area contributed by atoms with E-state index in [4.69, 9.17) is 11.6 Å². The minimum Gasteiger partial charge on any atom is -0.387 e. The minimum atomic E-state index is -0.470. The molecule has 0 aromatic heterocycles. The number of unbranched alkanes of at least 4 members (excludes halogenated alkanes) is 2. The lowest BCUT2D eigenvalue weighted by Gasteiger charge is -2.24. The Labute approximate surface area is 122 Å². The Morgan fingerprint density at radius 3 is 2.58 bits per heavy atom. The van der Waals surface area contributed by atoms with Gasteiger partial charge in [-0.25, -0.2) is 0 Å². The number of nitrogens with one attached hydrogen (secondary N) is 1. The summed E-state index contributed by atoms with van der Waals surface area (Å²) in [5.74, 6) is 0. The van der Waals surface area contributed by atoms with Gasteiger partial charge < -0.3 is 10.4 Å². The van der Waals surface area contributed by atoms with Crippen LogP contribution in [0, 0.1) is 6.92 Å². The van der Waals surface area contributed by atoms with Crippen LogP contribution in [0.1, 0.15) is 56.8 Å². The average Bonchev–Trinajstić information content (AvgIpc) is 2.41. The first-order valence-electron chi connectivity index (χ1n) is 7.27. The lowest BCUT2D eigenvalue weighted by molar-refractivity contribution is 0.126. The quantitative estimate of drug-likeness (QED) is 0.700. The van der Waals surface area contributed by atoms with Crippen LogP contribution in [0.4, 0.5) is 0 Å². The maximum absolute atomic E-state index is 10.4. The molecule has 1 aromatic carbocycles. The zero-order valence-corrected chi connectivity index (χ0v) is 13.0. The fourth-order valence-electron chi connectivity index (χ4n) is 2.23. The van der Waals surface area contributed by atoms with Gasteiger partial charge in [0.15, 0.2) is 0 Å². The van der Waals surface area contributed by atoms with E-state index in [1.807, 2.05) is 25.1 Å². The van der Waals surface area contributed by atoms with Crippen LogP contribution in [0.5, 0.6) is 0 Å². The molecule has 0 saturated heterocycles. The lowest BCUT2D eigenvalue weighted by atomic mass is 9.98. The maximum Gasteiger partial charge on any atom is 0.0942 e. The molecule has 2 N–H and O–H groups in total. The van der Waals surface area contributed by atoms with Crippen molar-refractivity contribution >= 4 is 11.6 Å². The SMILES string of the molecule is CCCCCNC(CC)C(O)c1ccc(Cl)c(C)c1. The molecule has 1 aromatic rings. The van der Waals surface area contributed by atoms with Crippen LogP contribution in [0.15, 0.2) is 18.2 Å². The van der Waals surface area contributed by atoms with Gasteiger partial charge in [0, 0.05) is 11.1 Å². The molecule has 0 spiro atoms. The van der Waals surface area contributed by atoms with E-state index >= 15 is 0 Å². The van der Waals surface area contributed by atoms with Gasteiger partial charge in [-0.05, 0) is 43.5 Å². The van der Waals surface area contributed by atoms with Gasteiger partial charge in [0.2, 0.25) is 0 Å². The van der Waals surface area contributed by atoms with Crippen molar-refractivity contribution in [3.8, 4) is 0 Å². The largest absolute Gasteiger partial charge is 0.387 e. The summed E-state index contributed by atoms with van der Waals surface area (Å²) in [7, 11) is 0. The molecule has 0 amide bonds. The number of rotatable bonds is 8. The zero-order valence-electron chi connectivity index (χ0n) is 12.2. The smallest absolute Gasteiger partial charge is 0.0942 e. The van der Waals surface area contributed by atoms with Crippen LogP contribution in [-0.2, 0) is 0 Å². The van der Waals surface area contributed by atoms with Crippen molar-refractivity contribution in [1.82, 2.24) is 5.32 Å². The molecular weight excluding hydrogens is 258 g/mol. The summed E-state index contributed by atoms with van der Waals surface area (Å²) in [6.07, 6.45) is 4.06. The first-order valence-corrected chi connectivity index (χ1v) is 7.65. The Kier molecular flexibility index (Phi) is 7.44. The first-order chi connectivity index (χ1) is 9.10. The summed E-state index contributed by atoms with van der Waals surface area (Å²) in [6, 6.07) is 5.86. The van der Waals surface area contributed by atoms with Gasteiger partial charge in [-0.3, -0.25) is 0 Å². The Morgan fingerprint density at radius 1 is 1.26 bits per heavy atom. The predicted octanol–water partition coefficient (Wildman–Crippen LogP) is 4.24. The molecule has 3 heteroatoms. The molecule has 0 aliphatic carbocycles. The third kappa shape index (κ3) is 5.13. The van der Waals surface area contributed by atoms with E-state index in [2.05, 4.69) is 19.2 Å². The number of hydrogen-bond acceptors (Lipinski definition) is 2. The van der Waals surface area contributed by atoms with Crippen molar-refractivity contribution in [3.63, 3.8) is 0 Å². The molecule has 0 aliphatic heterocycles. The van der Waals surface area contributed by atoms with Crippen LogP contribution in [0.2, 0.25) is 5.02 Å². The second-order valence-electron chi connectivity index (χ2n) is 5.13. The number of halogens is 1. The zero-order chi connectivity index (χ0) is 14.3. The minimum absolute atomic E-state index is 0.109. The van der Waals surface area contributed by atoms with Gasteiger partial charge in [0.05, 0.1) is 6.10 Å². The summed E-state index contributed by atoms with van der Waals surface area (Å²) < 4.78 is 0. The molecule has 0 aliphatic rings. The van der Waals surface area contributed by atoms with Crippen LogP contribution < -0.4 is 5.32 Å². The highest BCUT2D eigenvalue weighted by Crippen LogP contribution is 2.24. The normalized spacial score (nSPS) is 14.4. The van der Waals surface area contributed by atoms with Crippen molar-refractivity contribution in [3.05, 3.63) is 34.3 Å². The highest BCUT2D eigenvalue weighted by molar-refractivity contribution is 6.31. The Morgan fingerprint density at radius 2 is 2.00 bits per heavy atom. The molecule has 0 bridgehead atoms. The van der Waals surface area contributed by atoms with Gasteiger partial charge in [0.1, 0.15) is 0 Å². The molecule has 2 unspecified atom stereocenters. The van der Waals surface area contributed by atoms with E-state index in [-0.39, 0.29) is 6.04 Å². The number of aryl methyl sites for hydroxylation is 1. The number of hydrogen-bond donors (Lipinski definition) is 2. The van der Waals surface area contributed by atoms with Crippen LogP contribution in [0.3, 0.4) is 0 Å². The summed E-state index contributed by atoms with van der Waals surface area (Å²) in [6.45, 7) is 7.23. The Bertz CT molecular complexity index is 381. The standard InChI is InChI=1S/C16H26ClNO/c1-4-6-7-10-18-15(5-2)16(19)13-8-9-14(17)12(3)11-13/h8-9,11,15-16,18-19H,4-7,10H2,1-3H3. The molecule has 108 valence electrons. The second-order valence-corrected chi connectivity index (χ2v) is 5.54. The van der Waals surface area contributed by atoms with E-state index < -0.39 is 6.10 Å². The molecule has 0 heterocycles. The third-order valence-electron chi connectivity index (χ3n) is 3.53. The van der Waals surface area contributed by atoms with E-state index in [1.165, 1.54) is 19.3 Å². The summed E-state index contributed by atoms with van der Waals surface area (Å²) in [4.78, 5) is 0. The maximum atomic E-state index is 10.4. The molecule has 1 rings (SSSR count). The Balaban J connectivity index is 2.61. The monoisotopic (exact) mass is 283 g/mol. The van der Waals surface area contributed by atoms with Crippen LogP contribution >= 0.6 is 11.6 Å². The van der Waals surface area contributed by atoms with Crippen LogP contribution in [0.25, 0.3) is 0 Å². The van der Waals surface area contributed by atoms with E-state index in [9.17, 15) is 5.11 Å². The van der Waals surface area contributed by atoms with Crippen molar-refractivity contribution in [2.45, 2.75) is 58.6 Å². The molecular formula is C16H26ClNO. The van der Waals surface area contributed by atoms with E-state index in [0.717, 1.165) is 29.1 Å². The van der Waals surface area contributed by atoms with Gasteiger partial charge in [0.25, 0.3) is 0 Å². The van der Waals surface area contributed by atoms with E-state index in [1.54, 1.807) is 0 Å². The molecule has 2 atom stereocenters. The average molecular weight is 284 g/mol. The fraction of sp³-hybridized carbons (Fsp3) is 0.625. The predicted molar refractivity (Wildman–Crippen MR) is 82.8 cm³/mol. The lowest BCUT2D eigenvalue weighted by Crippen LogP contribution is -2.35. The van der Waals surface area contributed by atoms with Gasteiger partial charge in [-0.15, -0.1) is 0 Å². The highest BCUT2D eigenvalue weighted by Gasteiger charge is 2.18. The first kappa shape index (κ1) is 16.5. The van der Waals surface area contributed by atoms with Crippen molar-refractivity contribution in [2.24, 2.45) is 0 Å². The molecule has 19 heavy (non-hydrogen) atoms. The number of benzene rings is 1. The van der Waals surface area contributed by atoms with Gasteiger partial charge in [-0.2, -0.15) is 0 Å². The van der Waals surface area contributed by atoms with Gasteiger partial charge in [-0.1, -0.05) is 50.4 Å². The highest BCUT2D eigenvalue weighted by atomic mass is 35.5. The molecule has 2 nitrogen and oxygen atoms in total. The van der Waals surface area contributed by atoms with Crippen LogP contribution in [-0.4, -0.2) is 17.7 Å². The van der Waals surface area contributed by atoms with Crippen molar-refractivity contribution in [2.75, 3.05) is 6.54 Å². The second kappa shape index (κ2) is 8.57. The van der Waals surface area contributed by atoms with E-state index in [0.29, 0.717) is 0 Å². The summed E-state index contributed by atoms with van der Waals surface area (Å²) >= 11 is 6.02. The molecule has 0 fully saturated rings. The molecule has 0 saturated carbocycles. The fourth-order valence-corrected chi connectivity index (χ4v) is 2.34. The van der Waals surface area contributed by atoms with Crippen molar-refractivity contribution < 1.29 is 5.11 Å². The van der Waals surface area contributed by atoms with Gasteiger partial charge >= 0.3 is 0 Å².